The van der Waals surface area contributed by atoms with Crippen molar-refractivity contribution in [2.45, 2.75) is 85.0 Å². The third kappa shape index (κ3) is 6.85. The van der Waals surface area contributed by atoms with Crippen LogP contribution in [0.1, 0.15) is 90.8 Å². The summed E-state index contributed by atoms with van der Waals surface area (Å²) in [7, 11) is 0. The molecule has 3 nitrogen and oxygen atoms in total. The van der Waals surface area contributed by atoms with Crippen LogP contribution in [0.5, 0.6) is 5.75 Å². The molecule has 0 spiro atoms. The molecule has 3 heteroatoms. The average Bonchev–Trinajstić information content (AvgIpc) is 2.72. The van der Waals surface area contributed by atoms with Gasteiger partial charge in [-0.1, -0.05) is 70.6 Å². The second kappa shape index (κ2) is 10.8. The number of rotatable bonds is 9. The van der Waals surface area contributed by atoms with Gasteiger partial charge in [-0.3, -0.25) is 4.79 Å². The number of carbonyl (C=O) groups is 1. The predicted octanol–water partition coefficient (Wildman–Crippen LogP) is 7.29. The number of fused-ring (bicyclic) bond motifs is 1. The van der Waals surface area contributed by atoms with Gasteiger partial charge in [0.25, 0.3) is 0 Å². The molecule has 0 N–H and O–H groups in total. The van der Waals surface area contributed by atoms with E-state index >= 15 is 0 Å². The predicted molar refractivity (Wildman–Crippen MR) is 131 cm³/mol. The number of esters is 1. The minimum absolute atomic E-state index is 0.165. The largest absolute Gasteiger partial charge is 0.493 e. The lowest BCUT2D eigenvalue weighted by Crippen LogP contribution is -2.34. The van der Waals surface area contributed by atoms with Crippen LogP contribution in [0.4, 0.5) is 0 Å². The van der Waals surface area contributed by atoms with E-state index in [9.17, 15) is 4.79 Å². The summed E-state index contributed by atoms with van der Waals surface area (Å²) in [5, 5.41) is 0. The van der Waals surface area contributed by atoms with Gasteiger partial charge in [0.2, 0.25) is 0 Å². The number of hydrogen-bond acceptors (Lipinski definition) is 3. The van der Waals surface area contributed by atoms with E-state index < -0.39 is 0 Å². The van der Waals surface area contributed by atoms with Crippen LogP contribution in [0.25, 0.3) is 6.08 Å². The molecule has 31 heavy (non-hydrogen) atoms. The minimum atomic E-state index is -0.192. The van der Waals surface area contributed by atoms with Crippen LogP contribution in [0.2, 0.25) is 0 Å². The molecule has 0 aromatic heterocycles. The molecule has 0 saturated heterocycles. The zero-order chi connectivity index (χ0) is 23.1. The van der Waals surface area contributed by atoms with Crippen molar-refractivity contribution in [2.75, 3.05) is 13.2 Å². The van der Waals surface area contributed by atoms with E-state index in [1.165, 1.54) is 24.0 Å². The third-order valence-corrected chi connectivity index (χ3v) is 6.09. The molecule has 0 saturated carbocycles. The Bertz CT molecular complexity index is 853. The minimum Gasteiger partial charge on any atom is -0.493 e. The van der Waals surface area contributed by atoms with Crippen molar-refractivity contribution in [1.82, 2.24) is 0 Å². The van der Waals surface area contributed by atoms with Gasteiger partial charge in [-0.2, -0.15) is 0 Å². The van der Waals surface area contributed by atoms with Crippen LogP contribution in [0.3, 0.4) is 0 Å². The molecular formula is C28H40O3. The monoisotopic (exact) mass is 424 g/mol. The highest BCUT2D eigenvalue weighted by molar-refractivity contribution is 5.71. The molecule has 1 aromatic carbocycles. The van der Waals surface area contributed by atoms with Gasteiger partial charge in [0.05, 0.1) is 19.6 Å². The van der Waals surface area contributed by atoms with Crippen molar-refractivity contribution in [2.24, 2.45) is 0 Å². The summed E-state index contributed by atoms with van der Waals surface area (Å²) in [6.45, 7) is 16.5. The molecule has 0 bridgehead atoms. The molecule has 0 aliphatic heterocycles. The number of allylic oxidation sites excluding steroid dienone is 4. The fraction of sp³-hybridized carbons (Fsp3) is 0.536. The zero-order valence-corrected chi connectivity index (χ0v) is 20.5. The van der Waals surface area contributed by atoms with E-state index in [-0.39, 0.29) is 16.8 Å². The number of carbonyl (C=O) groups excluding carboxylic acids is 1. The van der Waals surface area contributed by atoms with Crippen molar-refractivity contribution in [3.8, 4) is 5.75 Å². The lowest BCUT2D eigenvalue weighted by atomic mass is 9.63. The van der Waals surface area contributed by atoms with Crippen molar-refractivity contribution in [3.05, 3.63) is 58.7 Å². The maximum absolute atomic E-state index is 11.5. The fourth-order valence-electron chi connectivity index (χ4n) is 3.98. The molecule has 0 unspecified atom stereocenters. The summed E-state index contributed by atoms with van der Waals surface area (Å²) >= 11 is 0. The van der Waals surface area contributed by atoms with Gasteiger partial charge in [0, 0.05) is 5.56 Å². The highest BCUT2D eigenvalue weighted by atomic mass is 16.5. The van der Waals surface area contributed by atoms with Gasteiger partial charge in [-0.05, 0) is 67.2 Å². The van der Waals surface area contributed by atoms with E-state index in [2.05, 4.69) is 52.8 Å². The molecule has 0 amide bonds. The van der Waals surface area contributed by atoms with E-state index in [1.54, 1.807) is 0 Å². The van der Waals surface area contributed by atoms with Gasteiger partial charge < -0.3 is 9.47 Å². The SMILES string of the molecule is CCCOc1cc2c(cc1/C=C/C=C/C(C)=C/CC(=O)OCC)C(C)(C)CCC2(C)C. The lowest BCUT2D eigenvalue weighted by Gasteiger charge is -2.42. The molecule has 1 aliphatic rings. The maximum atomic E-state index is 11.5. The van der Waals surface area contributed by atoms with Crippen LogP contribution >= 0.6 is 0 Å². The third-order valence-electron chi connectivity index (χ3n) is 6.09. The van der Waals surface area contributed by atoms with Crippen molar-refractivity contribution in [1.29, 1.82) is 0 Å². The van der Waals surface area contributed by atoms with Crippen molar-refractivity contribution < 1.29 is 14.3 Å². The highest BCUT2D eigenvalue weighted by Crippen LogP contribution is 2.47. The van der Waals surface area contributed by atoms with Crippen LogP contribution in [-0.4, -0.2) is 19.2 Å². The topological polar surface area (TPSA) is 35.5 Å². The van der Waals surface area contributed by atoms with Crippen molar-refractivity contribution >= 4 is 12.0 Å². The number of hydrogen-bond donors (Lipinski definition) is 0. The molecule has 0 fully saturated rings. The zero-order valence-electron chi connectivity index (χ0n) is 20.5. The number of ether oxygens (including phenoxy) is 2. The second-order valence-electron chi connectivity index (χ2n) is 9.73. The van der Waals surface area contributed by atoms with Gasteiger partial charge in [0.15, 0.2) is 0 Å². The normalized spacial score (nSPS) is 17.7. The van der Waals surface area contributed by atoms with Gasteiger partial charge in [0.1, 0.15) is 5.75 Å². The van der Waals surface area contributed by atoms with Crippen LogP contribution < -0.4 is 4.74 Å². The molecule has 0 radical (unpaired) electrons. The Labute approximate surface area is 189 Å². The van der Waals surface area contributed by atoms with Crippen LogP contribution in [-0.2, 0) is 20.4 Å². The fourth-order valence-corrected chi connectivity index (χ4v) is 3.98. The Morgan fingerprint density at radius 1 is 1.03 bits per heavy atom. The second-order valence-corrected chi connectivity index (χ2v) is 9.73. The van der Waals surface area contributed by atoms with E-state index in [0.29, 0.717) is 13.0 Å². The quantitative estimate of drug-likeness (QED) is 0.308. The van der Waals surface area contributed by atoms with Gasteiger partial charge in [-0.25, -0.2) is 0 Å². The first-order valence-corrected chi connectivity index (χ1v) is 11.6. The summed E-state index contributed by atoms with van der Waals surface area (Å²) in [6.07, 6.45) is 13.7. The Morgan fingerprint density at radius 3 is 2.29 bits per heavy atom. The molecule has 2 rings (SSSR count). The summed E-state index contributed by atoms with van der Waals surface area (Å²) < 4.78 is 11.1. The van der Waals surface area contributed by atoms with Crippen molar-refractivity contribution in [3.63, 3.8) is 0 Å². The highest BCUT2D eigenvalue weighted by Gasteiger charge is 2.37. The number of benzene rings is 1. The standard InChI is InChI=1S/C28H40O3/c1-8-18-31-25-20-24-23(27(4,5)16-17-28(24,6)7)19-22(25)13-11-10-12-21(3)14-15-26(29)30-9-2/h10-14,19-20H,8-9,15-18H2,1-7H3/b12-10+,13-11+,21-14+. The van der Waals surface area contributed by atoms with E-state index in [1.807, 2.05) is 38.2 Å². The van der Waals surface area contributed by atoms with Gasteiger partial charge >= 0.3 is 5.97 Å². The molecular weight excluding hydrogens is 384 g/mol. The molecule has 170 valence electrons. The smallest absolute Gasteiger partial charge is 0.309 e. The van der Waals surface area contributed by atoms with Gasteiger partial charge in [-0.15, -0.1) is 0 Å². The molecule has 1 aromatic rings. The molecule has 0 atom stereocenters. The maximum Gasteiger partial charge on any atom is 0.309 e. The lowest BCUT2D eigenvalue weighted by molar-refractivity contribution is -0.142. The first-order chi connectivity index (χ1) is 14.6. The Balaban J connectivity index is 2.28. The Hall–Kier alpha value is -2.29. The van der Waals surface area contributed by atoms with E-state index in [4.69, 9.17) is 9.47 Å². The molecule has 0 heterocycles. The first kappa shape index (κ1) is 25.0. The Kier molecular flexibility index (Phi) is 8.73. The summed E-state index contributed by atoms with van der Waals surface area (Å²) in [4.78, 5) is 11.5. The van der Waals surface area contributed by atoms with Crippen LogP contribution in [0.15, 0.2) is 42.0 Å². The molecule has 1 aliphatic carbocycles. The van der Waals surface area contributed by atoms with E-state index in [0.717, 1.165) is 29.9 Å². The Morgan fingerprint density at radius 2 is 1.68 bits per heavy atom. The summed E-state index contributed by atoms with van der Waals surface area (Å²) in [6, 6.07) is 4.61. The average molecular weight is 425 g/mol. The van der Waals surface area contributed by atoms with Crippen LogP contribution in [0, 0.1) is 0 Å². The summed E-state index contributed by atoms with van der Waals surface area (Å²) in [5.41, 5.74) is 5.34. The first-order valence-electron chi connectivity index (χ1n) is 11.6. The summed E-state index contributed by atoms with van der Waals surface area (Å²) in [5.74, 6) is 0.772.